The number of rotatable bonds is 3. The van der Waals surface area contributed by atoms with Gasteiger partial charge in [-0.2, -0.15) is 0 Å². The topological polar surface area (TPSA) is 23.6 Å². The van der Waals surface area contributed by atoms with Gasteiger partial charge in [0, 0.05) is 30.3 Å². The Morgan fingerprint density at radius 1 is 1.15 bits per heavy atom. The zero-order valence-corrected chi connectivity index (χ0v) is 16.3. The number of hydrogen-bond acceptors (Lipinski definition) is 2. The lowest BCUT2D eigenvalue weighted by molar-refractivity contribution is -0.114. The van der Waals surface area contributed by atoms with Crippen LogP contribution in [0.5, 0.6) is 0 Å². The van der Waals surface area contributed by atoms with Crippen LogP contribution >= 0.6 is 0 Å². The van der Waals surface area contributed by atoms with Crippen molar-refractivity contribution < 1.29 is 9.18 Å². The molecule has 140 valence electrons. The van der Waals surface area contributed by atoms with Crippen LogP contribution in [-0.2, 0) is 10.2 Å². The minimum Gasteiger partial charge on any atom is -0.308 e. The van der Waals surface area contributed by atoms with E-state index in [1.165, 1.54) is 11.6 Å². The highest BCUT2D eigenvalue weighted by Gasteiger charge is 2.46. The molecule has 2 heterocycles. The molecule has 1 spiro atoms. The average Bonchev–Trinajstić information content (AvgIpc) is 2.88. The molecule has 0 N–H and O–H groups in total. The lowest BCUT2D eigenvalue weighted by Crippen LogP contribution is -2.46. The van der Waals surface area contributed by atoms with Crippen molar-refractivity contribution in [3.63, 3.8) is 0 Å². The Bertz CT molecular complexity index is 749. The first-order chi connectivity index (χ1) is 12.3. The first-order valence-electron chi connectivity index (χ1n) is 9.43. The summed E-state index contributed by atoms with van der Waals surface area (Å²) in [5.74, 6) is -0.215. The molecule has 26 heavy (non-hydrogen) atoms. The summed E-state index contributed by atoms with van der Waals surface area (Å²) in [5, 5.41) is 0. The van der Waals surface area contributed by atoms with Crippen LogP contribution in [0.1, 0.15) is 46.1 Å². The fourth-order valence-corrected chi connectivity index (χ4v) is 4.07. The predicted molar refractivity (Wildman–Crippen MR) is 105 cm³/mol. The number of amides is 1. The quantitative estimate of drug-likeness (QED) is 0.590. The van der Waals surface area contributed by atoms with Crippen LogP contribution in [0.25, 0.3) is 0 Å². The summed E-state index contributed by atoms with van der Waals surface area (Å²) in [6.07, 6.45) is 5.85. The Morgan fingerprint density at radius 2 is 1.85 bits per heavy atom. The minimum atomic E-state index is -0.216. The largest absolute Gasteiger partial charge is 0.308 e. The summed E-state index contributed by atoms with van der Waals surface area (Å²) in [4.78, 5) is 17.0. The number of piperidine rings is 1. The third-order valence-electron chi connectivity index (χ3n) is 5.53. The molecular weight excluding hydrogens is 327 g/mol. The van der Waals surface area contributed by atoms with Gasteiger partial charge < -0.3 is 4.90 Å². The molecule has 2 aliphatic heterocycles. The highest BCUT2D eigenvalue weighted by atomic mass is 19.1. The number of anilines is 1. The summed E-state index contributed by atoms with van der Waals surface area (Å²) < 4.78 is 14.0. The van der Waals surface area contributed by atoms with Crippen molar-refractivity contribution in [2.24, 2.45) is 0 Å². The molecular formula is C22H29FN2O. The number of allylic oxidation sites excluding steroid dienone is 2. The van der Waals surface area contributed by atoms with Gasteiger partial charge in [0.05, 0.1) is 0 Å². The number of nitrogens with zero attached hydrogens (tertiary/aromatic N) is 2. The molecule has 3 nitrogen and oxygen atoms in total. The molecule has 0 aromatic heterocycles. The molecule has 0 unspecified atom stereocenters. The molecule has 0 bridgehead atoms. The van der Waals surface area contributed by atoms with Crippen molar-refractivity contribution in [3.8, 4) is 0 Å². The predicted octanol–water partition coefficient (Wildman–Crippen LogP) is 4.44. The Kier molecular flexibility index (Phi) is 5.33. The average molecular weight is 356 g/mol. The lowest BCUT2D eigenvalue weighted by atomic mass is 9.74. The van der Waals surface area contributed by atoms with E-state index in [-0.39, 0.29) is 17.1 Å². The van der Waals surface area contributed by atoms with Gasteiger partial charge in [0.25, 0.3) is 5.91 Å². The monoisotopic (exact) mass is 356 g/mol. The van der Waals surface area contributed by atoms with Gasteiger partial charge in [-0.1, -0.05) is 17.2 Å². The maximum atomic E-state index is 14.0. The van der Waals surface area contributed by atoms with Crippen molar-refractivity contribution in [2.75, 3.05) is 31.1 Å². The summed E-state index contributed by atoms with van der Waals surface area (Å²) in [5.41, 5.74) is 4.08. The molecule has 2 aliphatic rings. The normalized spacial score (nSPS) is 18.6. The van der Waals surface area contributed by atoms with Gasteiger partial charge in [-0.15, -0.1) is 0 Å². The Balaban J connectivity index is 1.86. The second-order valence-electron chi connectivity index (χ2n) is 8.17. The van der Waals surface area contributed by atoms with Crippen molar-refractivity contribution in [3.05, 3.63) is 52.9 Å². The third kappa shape index (κ3) is 3.75. The summed E-state index contributed by atoms with van der Waals surface area (Å²) in [6, 6.07) is 4.88. The van der Waals surface area contributed by atoms with Crippen molar-refractivity contribution in [1.29, 1.82) is 0 Å². The third-order valence-corrected chi connectivity index (χ3v) is 5.53. The van der Waals surface area contributed by atoms with Gasteiger partial charge in [0.1, 0.15) is 5.82 Å². The smallest absolute Gasteiger partial charge is 0.250 e. The molecule has 0 aliphatic carbocycles. The molecule has 0 atom stereocenters. The maximum Gasteiger partial charge on any atom is 0.250 e. The molecule has 1 saturated heterocycles. The first-order valence-corrected chi connectivity index (χ1v) is 9.43. The molecule has 1 aromatic rings. The number of hydrogen-bond donors (Lipinski definition) is 0. The van der Waals surface area contributed by atoms with E-state index in [1.54, 1.807) is 18.2 Å². The number of benzene rings is 1. The Morgan fingerprint density at radius 3 is 2.46 bits per heavy atom. The second kappa shape index (κ2) is 7.36. The molecule has 0 saturated carbocycles. The van der Waals surface area contributed by atoms with Crippen molar-refractivity contribution in [2.45, 2.75) is 46.0 Å². The SMILES string of the molecule is CC(C)=CCN1CCC2(CC1)CN(C(=O)C=C(C)C)c1ccc(F)cc12. The second-order valence-corrected chi connectivity index (χ2v) is 8.17. The number of carbonyl (C=O) groups is 1. The van der Waals surface area contributed by atoms with Gasteiger partial charge in [0.15, 0.2) is 0 Å². The van der Waals surface area contributed by atoms with E-state index in [0.717, 1.165) is 49.3 Å². The van der Waals surface area contributed by atoms with Crippen molar-refractivity contribution >= 4 is 11.6 Å². The van der Waals surface area contributed by atoms with Gasteiger partial charge in [-0.25, -0.2) is 4.39 Å². The molecule has 1 fully saturated rings. The van der Waals surface area contributed by atoms with Crippen LogP contribution in [0, 0.1) is 5.82 Å². The zero-order valence-electron chi connectivity index (χ0n) is 16.3. The fourth-order valence-electron chi connectivity index (χ4n) is 4.07. The van der Waals surface area contributed by atoms with Crippen LogP contribution in [0.15, 0.2) is 41.5 Å². The highest BCUT2D eigenvalue weighted by molar-refractivity contribution is 6.03. The number of likely N-dealkylation sites (tertiary alicyclic amines) is 1. The zero-order chi connectivity index (χ0) is 18.9. The van der Waals surface area contributed by atoms with E-state index in [2.05, 4.69) is 24.8 Å². The Labute approximate surface area is 156 Å². The van der Waals surface area contributed by atoms with Gasteiger partial charge in [-0.3, -0.25) is 9.69 Å². The fraction of sp³-hybridized carbons (Fsp3) is 0.500. The molecule has 4 heteroatoms. The van der Waals surface area contributed by atoms with Crippen LogP contribution in [-0.4, -0.2) is 37.0 Å². The number of carbonyl (C=O) groups excluding carboxylic acids is 1. The standard InChI is InChI=1S/C22H29FN2O/c1-16(2)7-10-24-11-8-22(9-12-24)15-25(21(26)13-17(3)4)20-6-5-18(23)14-19(20)22/h5-7,13-14H,8-12,15H2,1-4H3. The van der Waals surface area contributed by atoms with E-state index in [0.29, 0.717) is 6.54 Å². The maximum absolute atomic E-state index is 14.0. The molecule has 0 radical (unpaired) electrons. The van der Waals surface area contributed by atoms with E-state index in [4.69, 9.17) is 0 Å². The lowest BCUT2D eigenvalue weighted by Gasteiger charge is -2.39. The Hall–Kier alpha value is -1.94. The number of halogens is 1. The van der Waals surface area contributed by atoms with Crippen LogP contribution < -0.4 is 4.90 Å². The van der Waals surface area contributed by atoms with Gasteiger partial charge in [0.2, 0.25) is 0 Å². The molecule has 1 aromatic carbocycles. The van der Waals surface area contributed by atoms with Crippen LogP contribution in [0.4, 0.5) is 10.1 Å². The summed E-state index contributed by atoms with van der Waals surface area (Å²) in [6.45, 7) is 11.7. The van der Waals surface area contributed by atoms with E-state index in [1.807, 2.05) is 18.7 Å². The van der Waals surface area contributed by atoms with Gasteiger partial charge >= 0.3 is 0 Å². The van der Waals surface area contributed by atoms with Crippen LogP contribution in [0.2, 0.25) is 0 Å². The first kappa shape index (κ1) is 18.8. The molecule has 3 rings (SSSR count). The van der Waals surface area contributed by atoms with E-state index < -0.39 is 0 Å². The summed E-state index contributed by atoms with van der Waals surface area (Å²) in [7, 11) is 0. The van der Waals surface area contributed by atoms with Gasteiger partial charge in [-0.05, 0) is 77.4 Å². The van der Waals surface area contributed by atoms with E-state index >= 15 is 0 Å². The number of fused-ring (bicyclic) bond motifs is 2. The highest BCUT2D eigenvalue weighted by Crippen LogP contribution is 2.47. The minimum absolute atomic E-state index is 0.00158. The summed E-state index contributed by atoms with van der Waals surface area (Å²) >= 11 is 0. The molecule has 1 amide bonds. The van der Waals surface area contributed by atoms with E-state index in [9.17, 15) is 9.18 Å². The van der Waals surface area contributed by atoms with Crippen LogP contribution in [0.3, 0.4) is 0 Å². The van der Waals surface area contributed by atoms with Crippen molar-refractivity contribution in [1.82, 2.24) is 4.90 Å².